The minimum absolute atomic E-state index is 0.304. The Morgan fingerprint density at radius 3 is 2.88 bits per heavy atom. The SMILES string of the molecule is CCc1cc(OC)cc2nc(-c3cccnc3N3CC[C@H](N4CCSCC4)C3)oc(=O)c12. The average molecular weight is 453 g/mol. The van der Waals surface area contributed by atoms with Crippen LogP contribution in [0.1, 0.15) is 18.9 Å². The summed E-state index contributed by atoms with van der Waals surface area (Å²) in [6, 6.07) is 8.01. The summed E-state index contributed by atoms with van der Waals surface area (Å²) in [5.41, 5.74) is 1.85. The van der Waals surface area contributed by atoms with Crippen molar-refractivity contribution >= 4 is 28.5 Å². The van der Waals surface area contributed by atoms with Gasteiger partial charge < -0.3 is 14.1 Å². The summed E-state index contributed by atoms with van der Waals surface area (Å²) in [7, 11) is 1.62. The number of nitrogens with zero attached hydrogens (tertiary/aromatic N) is 4. The third-order valence-corrected chi connectivity index (χ3v) is 7.39. The van der Waals surface area contributed by atoms with Crippen LogP contribution in [0.15, 0.2) is 39.7 Å². The van der Waals surface area contributed by atoms with Crippen molar-refractivity contribution in [2.24, 2.45) is 0 Å². The van der Waals surface area contributed by atoms with E-state index in [1.54, 1.807) is 19.4 Å². The van der Waals surface area contributed by atoms with E-state index in [1.165, 1.54) is 11.5 Å². The van der Waals surface area contributed by atoms with Crippen LogP contribution in [0.25, 0.3) is 22.4 Å². The molecule has 1 atom stereocenters. The van der Waals surface area contributed by atoms with E-state index in [1.807, 2.05) is 36.9 Å². The summed E-state index contributed by atoms with van der Waals surface area (Å²) in [5, 5.41) is 0.520. The number of methoxy groups -OCH3 is 1. The molecule has 0 saturated carbocycles. The Bertz CT molecular complexity index is 1180. The predicted molar refractivity (Wildman–Crippen MR) is 129 cm³/mol. The summed E-state index contributed by atoms with van der Waals surface area (Å²) >= 11 is 2.03. The van der Waals surface area contributed by atoms with Gasteiger partial charge in [0, 0.05) is 56.0 Å². The fourth-order valence-corrected chi connectivity index (χ4v) is 5.69. The first-order valence-corrected chi connectivity index (χ1v) is 12.4. The highest BCUT2D eigenvalue weighted by Crippen LogP contribution is 2.32. The zero-order valence-electron chi connectivity index (χ0n) is 18.5. The molecule has 3 aromatic rings. The van der Waals surface area contributed by atoms with Gasteiger partial charge in [0.05, 0.1) is 23.6 Å². The van der Waals surface area contributed by atoms with Crippen LogP contribution < -0.4 is 15.3 Å². The summed E-state index contributed by atoms with van der Waals surface area (Å²) in [5.74, 6) is 4.24. The van der Waals surface area contributed by atoms with Crippen LogP contribution in [0, 0.1) is 0 Å². The van der Waals surface area contributed by atoms with Gasteiger partial charge >= 0.3 is 5.63 Å². The lowest BCUT2D eigenvalue weighted by molar-refractivity contribution is 0.231. The fraction of sp³-hybridized carbons (Fsp3) is 0.458. The highest BCUT2D eigenvalue weighted by molar-refractivity contribution is 7.99. The van der Waals surface area contributed by atoms with Gasteiger partial charge in [-0.15, -0.1) is 0 Å². The highest BCUT2D eigenvalue weighted by Gasteiger charge is 2.31. The second kappa shape index (κ2) is 9.11. The maximum Gasteiger partial charge on any atom is 0.347 e. The Kier molecular flexibility index (Phi) is 6.06. The number of fused-ring (bicyclic) bond motifs is 1. The van der Waals surface area contributed by atoms with Crippen LogP contribution in [-0.4, -0.2) is 65.7 Å². The third-order valence-electron chi connectivity index (χ3n) is 6.45. The van der Waals surface area contributed by atoms with Gasteiger partial charge in [0.2, 0.25) is 5.89 Å². The molecule has 0 aliphatic carbocycles. The molecule has 2 fully saturated rings. The molecule has 0 bridgehead atoms. The fourth-order valence-electron chi connectivity index (χ4n) is 4.75. The number of hydrogen-bond donors (Lipinski definition) is 0. The van der Waals surface area contributed by atoms with E-state index in [9.17, 15) is 4.79 Å². The van der Waals surface area contributed by atoms with Crippen molar-refractivity contribution in [1.29, 1.82) is 0 Å². The van der Waals surface area contributed by atoms with Crippen LogP contribution in [0.2, 0.25) is 0 Å². The average Bonchev–Trinajstić information content (AvgIpc) is 3.34. The maximum atomic E-state index is 13.0. The molecule has 2 aromatic heterocycles. The van der Waals surface area contributed by atoms with Gasteiger partial charge in [-0.2, -0.15) is 11.8 Å². The molecule has 0 radical (unpaired) electrons. The topological polar surface area (TPSA) is 71.7 Å². The first-order chi connectivity index (χ1) is 15.7. The molecule has 2 aliphatic heterocycles. The monoisotopic (exact) mass is 452 g/mol. The van der Waals surface area contributed by atoms with Gasteiger partial charge in [0.25, 0.3) is 0 Å². The van der Waals surface area contributed by atoms with E-state index in [4.69, 9.17) is 14.1 Å². The molecular formula is C24H28N4O3S. The van der Waals surface area contributed by atoms with E-state index < -0.39 is 0 Å². The molecule has 0 N–H and O–H groups in total. The molecule has 7 nitrogen and oxygen atoms in total. The van der Waals surface area contributed by atoms with Crippen molar-refractivity contribution in [3.05, 3.63) is 46.4 Å². The van der Waals surface area contributed by atoms with Crippen LogP contribution >= 0.6 is 11.8 Å². The molecule has 2 aliphatic rings. The molecule has 32 heavy (non-hydrogen) atoms. The number of pyridine rings is 1. The minimum atomic E-state index is -0.371. The molecule has 0 spiro atoms. The van der Waals surface area contributed by atoms with Gasteiger partial charge in [-0.1, -0.05) is 6.92 Å². The lowest BCUT2D eigenvalue weighted by Gasteiger charge is -2.32. The summed E-state index contributed by atoms with van der Waals surface area (Å²) in [6.45, 7) is 6.18. The van der Waals surface area contributed by atoms with E-state index in [0.717, 1.165) is 49.5 Å². The number of ether oxygens (including phenoxy) is 1. The molecule has 0 unspecified atom stereocenters. The van der Waals surface area contributed by atoms with E-state index in [0.29, 0.717) is 35.0 Å². The number of aromatic nitrogens is 2. The van der Waals surface area contributed by atoms with E-state index in [-0.39, 0.29) is 5.63 Å². The van der Waals surface area contributed by atoms with Crippen molar-refractivity contribution in [3.63, 3.8) is 0 Å². The minimum Gasteiger partial charge on any atom is -0.497 e. The van der Waals surface area contributed by atoms with Crippen molar-refractivity contribution < 1.29 is 9.15 Å². The standard InChI is InChI=1S/C24H28N4O3S/c1-3-16-13-18(30-2)14-20-21(16)24(29)31-23(26-20)19-5-4-7-25-22(19)28-8-6-17(15-28)27-9-11-32-12-10-27/h4-5,7,13-14,17H,3,6,8-12,15H2,1-2H3/t17-/m0/s1. The second-order valence-electron chi connectivity index (χ2n) is 8.25. The van der Waals surface area contributed by atoms with Gasteiger partial charge in [-0.3, -0.25) is 4.90 Å². The largest absolute Gasteiger partial charge is 0.497 e. The summed E-state index contributed by atoms with van der Waals surface area (Å²) in [6.07, 6.45) is 3.61. The van der Waals surface area contributed by atoms with E-state index >= 15 is 0 Å². The van der Waals surface area contributed by atoms with Crippen molar-refractivity contribution in [3.8, 4) is 17.2 Å². The molecule has 1 aromatic carbocycles. The lowest BCUT2D eigenvalue weighted by atomic mass is 10.1. The Morgan fingerprint density at radius 1 is 1.25 bits per heavy atom. The molecule has 2 saturated heterocycles. The summed E-state index contributed by atoms with van der Waals surface area (Å²) < 4.78 is 11.2. The van der Waals surface area contributed by atoms with Crippen molar-refractivity contribution in [2.45, 2.75) is 25.8 Å². The number of rotatable bonds is 5. The van der Waals surface area contributed by atoms with Crippen LogP contribution in [0.3, 0.4) is 0 Å². The quantitative estimate of drug-likeness (QED) is 0.583. The number of anilines is 1. The maximum absolute atomic E-state index is 13.0. The highest BCUT2D eigenvalue weighted by atomic mass is 32.2. The smallest absolute Gasteiger partial charge is 0.347 e. The lowest BCUT2D eigenvalue weighted by Crippen LogP contribution is -2.42. The molecule has 0 amide bonds. The van der Waals surface area contributed by atoms with Gasteiger partial charge in [-0.05, 0) is 36.6 Å². The Hall–Kier alpha value is -2.58. The zero-order chi connectivity index (χ0) is 22.1. The van der Waals surface area contributed by atoms with Crippen molar-refractivity contribution in [1.82, 2.24) is 14.9 Å². The first-order valence-electron chi connectivity index (χ1n) is 11.2. The van der Waals surface area contributed by atoms with Crippen molar-refractivity contribution in [2.75, 3.05) is 49.7 Å². The van der Waals surface area contributed by atoms with Gasteiger partial charge in [0.1, 0.15) is 11.6 Å². The van der Waals surface area contributed by atoms with Gasteiger partial charge in [0.15, 0.2) is 0 Å². The molecule has 5 rings (SSSR count). The number of aryl methyl sites for hydroxylation is 1. The zero-order valence-corrected chi connectivity index (χ0v) is 19.4. The Morgan fingerprint density at radius 2 is 2.09 bits per heavy atom. The number of thioether (sulfide) groups is 1. The number of hydrogen-bond acceptors (Lipinski definition) is 8. The molecule has 8 heteroatoms. The number of benzene rings is 1. The normalized spacial score (nSPS) is 19.6. The second-order valence-corrected chi connectivity index (χ2v) is 9.48. The van der Waals surface area contributed by atoms with Crippen LogP contribution in [0.5, 0.6) is 5.75 Å². The Labute approximate surface area is 191 Å². The Balaban J connectivity index is 1.52. The van der Waals surface area contributed by atoms with Gasteiger partial charge in [-0.25, -0.2) is 14.8 Å². The molecule has 4 heterocycles. The van der Waals surface area contributed by atoms with Crippen LogP contribution in [-0.2, 0) is 6.42 Å². The first kappa shape index (κ1) is 21.3. The van der Waals surface area contributed by atoms with Crippen LogP contribution in [0.4, 0.5) is 5.82 Å². The molecule has 168 valence electrons. The van der Waals surface area contributed by atoms with E-state index in [2.05, 4.69) is 14.8 Å². The third kappa shape index (κ3) is 3.97. The predicted octanol–water partition coefficient (Wildman–Crippen LogP) is 3.45. The molecular weight excluding hydrogens is 424 g/mol. The summed E-state index contributed by atoms with van der Waals surface area (Å²) in [4.78, 5) is 27.3.